The van der Waals surface area contributed by atoms with E-state index in [1.807, 2.05) is 0 Å². The minimum Gasteiger partial charge on any atom is -0.495 e. The molecule has 1 unspecified atom stereocenters. The highest BCUT2D eigenvalue weighted by molar-refractivity contribution is 6.31. The van der Waals surface area contributed by atoms with E-state index in [9.17, 15) is 19.2 Å². The third kappa shape index (κ3) is 4.39. The van der Waals surface area contributed by atoms with Crippen molar-refractivity contribution in [3.63, 3.8) is 0 Å². The molecule has 3 rings (SSSR count). The standard InChI is InChI=1S/C22H21ClN2O6/c1-11(2)25-20(27)15-7-5-13(9-16(15)21(25)28)22(29)31-12(3)19(26)24-17-10-14(23)6-8-18(17)30-4/h5-12H,1-4H3,(H,24,26). The Morgan fingerprint density at radius 1 is 1.00 bits per heavy atom. The molecule has 1 heterocycles. The number of carbonyl (C=O) groups is 4. The second-order valence-electron chi connectivity index (χ2n) is 7.22. The number of carbonyl (C=O) groups excluding carboxylic acids is 4. The van der Waals surface area contributed by atoms with E-state index in [2.05, 4.69) is 5.32 Å². The van der Waals surface area contributed by atoms with E-state index < -0.39 is 29.8 Å². The van der Waals surface area contributed by atoms with Gasteiger partial charge in [-0.05, 0) is 57.2 Å². The molecule has 0 bridgehead atoms. The Labute approximate surface area is 184 Å². The molecule has 2 aromatic rings. The predicted molar refractivity (Wildman–Crippen MR) is 114 cm³/mol. The maximum atomic E-state index is 12.5. The number of ether oxygens (including phenoxy) is 2. The first-order valence-corrected chi connectivity index (χ1v) is 9.89. The molecule has 1 aliphatic heterocycles. The number of hydrogen-bond acceptors (Lipinski definition) is 6. The van der Waals surface area contributed by atoms with Crippen molar-refractivity contribution in [2.75, 3.05) is 12.4 Å². The fraction of sp³-hybridized carbons (Fsp3) is 0.273. The van der Waals surface area contributed by atoms with Crippen molar-refractivity contribution < 1.29 is 28.7 Å². The highest BCUT2D eigenvalue weighted by atomic mass is 35.5. The molecule has 0 aliphatic carbocycles. The Kier molecular flexibility index (Phi) is 6.31. The molecule has 1 N–H and O–H groups in total. The molecule has 0 fully saturated rings. The highest BCUT2D eigenvalue weighted by Crippen LogP contribution is 2.28. The maximum absolute atomic E-state index is 12.5. The van der Waals surface area contributed by atoms with Gasteiger partial charge < -0.3 is 14.8 Å². The van der Waals surface area contributed by atoms with Crippen LogP contribution in [0.4, 0.5) is 5.69 Å². The third-order valence-corrected chi connectivity index (χ3v) is 4.98. The van der Waals surface area contributed by atoms with Gasteiger partial charge in [0.2, 0.25) is 0 Å². The van der Waals surface area contributed by atoms with E-state index in [-0.39, 0.29) is 22.7 Å². The van der Waals surface area contributed by atoms with Crippen LogP contribution in [0.5, 0.6) is 5.75 Å². The van der Waals surface area contributed by atoms with Crippen molar-refractivity contribution in [1.29, 1.82) is 0 Å². The lowest BCUT2D eigenvalue weighted by Crippen LogP contribution is -2.35. The lowest BCUT2D eigenvalue weighted by Gasteiger charge is -2.17. The van der Waals surface area contributed by atoms with Crippen LogP contribution in [-0.4, -0.2) is 47.8 Å². The quantitative estimate of drug-likeness (QED) is 0.540. The number of hydrogen-bond donors (Lipinski definition) is 1. The first-order valence-electron chi connectivity index (χ1n) is 9.51. The lowest BCUT2D eigenvalue weighted by atomic mass is 10.1. The van der Waals surface area contributed by atoms with Crippen LogP contribution in [0.1, 0.15) is 51.8 Å². The summed E-state index contributed by atoms with van der Waals surface area (Å²) >= 11 is 5.95. The number of anilines is 1. The number of nitrogens with one attached hydrogen (secondary N) is 1. The fourth-order valence-corrected chi connectivity index (χ4v) is 3.32. The predicted octanol–water partition coefficient (Wildman–Crippen LogP) is 3.54. The highest BCUT2D eigenvalue weighted by Gasteiger charge is 2.37. The van der Waals surface area contributed by atoms with E-state index >= 15 is 0 Å². The van der Waals surface area contributed by atoms with Crippen LogP contribution in [0.2, 0.25) is 5.02 Å². The number of esters is 1. The van der Waals surface area contributed by atoms with Gasteiger partial charge >= 0.3 is 5.97 Å². The summed E-state index contributed by atoms with van der Waals surface area (Å²) in [5, 5.41) is 3.00. The molecule has 1 aliphatic rings. The van der Waals surface area contributed by atoms with Gasteiger partial charge in [0.15, 0.2) is 6.10 Å². The minimum absolute atomic E-state index is 0.0606. The molecule has 9 heteroatoms. The number of methoxy groups -OCH3 is 1. The molecule has 0 saturated heterocycles. The van der Waals surface area contributed by atoms with Gasteiger partial charge in [-0.2, -0.15) is 0 Å². The molecule has 0 radical (unpaired) electrons. The van der Waals surface area contributed by atoms with Crippen LogP contribution in [0.3, 0.4) is 0 Å². The number of imide groups is 1. The van der Waals surface area contributed by atoms with Crippen LogP contribution >= 0.6 is 11.6 Å². The average molecular weight is 445 g/mol. The zero-order chi connectivity index (χ0) is 22.9. The SMILES string of the molecule is COc1ccc(Cl)cc1NC(=O)C(C)OC(=O)c1ccc2c(c1)C(=O)N(C(C)C)C2=O. The van der Waals surface area contributed by atoms with E-state index in [4.69, 9.17) is 21.1 Å². The zero-order valence-electron chi connectivity index (χ0n) is 17.4. The van der Waals surface area contributed by atoms with E-state index in [0.29, 0.717) is 16.5 Å². The molecule has 1 atom stereocenters. The van der Waals surface area contributed by atoms with Gasteiger partial charge in [-0.1, -0.05) is 11.6 Å². The molecule has 31 heavy (non-hydrogen) atoms. The van der Waals surface area contributed by atoms with Crippen LogP contribution < -0.4 is 10.1 Å². The summed E-state index contributed by atoms with van der Waals surface area (Å²) in [5.41, 5.74) is 0.756. The molecule has 3 amide bonds. The van der Waals surface area contributed by atoms with E-state index in [1.54, 1.807) is 26.0 Å². The number of benzene rings is 2. The number of nitrogens with zero attached hydrogens (tertiary/aromatic N) is 1. The van der Waals surface area contributed by atoms with Gasteiger partial charge in [0, 0.05) is 11.1 Å². The molecule has 8 nitrogen and oxygen atoms in total. The second kappa shape index (κ2) is 8.77. The van der Waals surface area contributed by atoms with Crippen LogP contribution in [0, 0.1) is 0 Å². The second-order valence-corrected chi connectivity index (χ2v) is 7.65. The largest absolute Gasteiger partial charge is 0.495 e. The Balaban J connectivity index is 1.73. The van der Waals surface area contributed by atoms with Crippen LogP contribution in [-0.2, 0) is 9.53 Å². The number of halogens is 1. The Hall–Kier alpha value is -3.39. The van der Waals surface area contributed by atoms with Gasteiger partial charge in [0.1, 0.15) is 5.75 Å². The molecule has 0 aromatic heterocycles. The van der Waals surface area contributed by atoms with E-state index in [0.717, 1.165) is 4.90 Å². The maximum Gasteiger partial charge on any atom is 0.338 e. The minimum atomic E-state index is -1.14. The monoisotopic (exact) mass is 444 g/mol. The summed E-state index contributed by atoms with van der Waals surface area (Å²) in [6.45, 7) is 4.87. The topological polar surface area (TPSA) is 102 Å². The number of rotatable bonds is 6. The number of fused-ring (bicyclic) bond motifs is 1. The van der Waals surface area contributed by atoms with Gasteiger partial charge in [-0.3, -0.25) is 19.3 Å². The normalized spacial score (nSPS) is 13.8. The third-order valence-electron chi connectivity index (χ3n) is 4.74. The van der Waals surface area contributed by atoms with Crippen molar-refractivity contribution in [2.24, 2.45) is 0 Å². The van der Waals surface area contributed by atoms with Gasteiger partial charge in [-0.15, -0.1) is 0 Å². The van der Waals surface area contributed by atoms with Gasteiger partial charge in [0.25, 0.3) is 17.7 Å². The van der Waals surface area contributed by atoms with Gasteiger partial charge in [0.05, 0.1) is 29.5 Å². The summed E-state index contributed by atoms with van der Waals surface area (Å²) in [6, 6.07) is 8.52. The first-order chi connectivity index (χ1) is 14.6. The Morgan fingerprint density at radius 2 is 1.68 bits per heavy atom. The van der Waals surface area contributed by atoms with E-state index in [1.165, 1.54) is 38.3 Å². The van der Waals surface area contributed by atoms with Crippen LogP contribution in [0.15, 0.2) is 36.4 Å². The number of amides is 3. The zero-order valence-corrected chi connectivity index (χ0v) is 18.1. The average Bonchev–Trinajstić information content (AvgIpc) is 2.98. The van der Waals surface area contributed by atoms with Crippen molar-refractivity contribution in [3.8, 4) is 5.75 Å². The Morgan fingerprint density at radius 3 is 2.32 bits per heavy atom. The molecular formula is C22H21ClN2O6. The summed E-state index contributed by atoms with van der Waals surface area (Å²) in [6.07, 6.45) is -1.14. The summed E-state index contributed by atoms with van der Waals surface area (Å²) in [5.74, 6) is -1.87. The molecular weight excluding hydrogens is 424 g/mol. The first kappa shape index (κ1) is 22.3. The fourth-order valence-electron chi connectivity index (χ4n) is 3.15. The lowest BCUT2D eigenvalue weighted by molar-refractivity contribution is -0.123. The van der Waals surface area contributed by atoms with Crippen LogP contribution in [0.25, 0.3) is 0 Å². The van der Waals surface area contributed by atoms with Crippen molar-refractivity contribution in [1.82, 2.24) is 4.90 Å². The molecule has 2 aromatic carbocycles. The Bertz CT molecular complexity index is 1080. The molecule has 0 saturated carbocycles. The van der Waals surface area contributed by atoms with Crippen molar-refractivity contribution >= 4 is 41.0 Å². The summed E-state index contributed by atoms with van der Waals surface area (Å²) < 4.78 is 10.4. The van der Waals surface area contributed by atoms with Crippen molar-refractivity contribution in [3.05, 3.63) is 58.1 Å². The van der Waals surface area contributed by atoms with Gasteiger partial charge in [-0.25, -0.2) is 4.79 Å². The summed E-state index contributed by atoms with van der Waals surface area (Å²) in [4.78, 5) is 51.0. The van der Waals surface area contributed by atoms with Crippen molar-refractivity contribution in [2.45, 2.75) is 32.9 Å². The summed E-state index contributed by atoms with van der Waals surface area (Å²) in [7, 11) is 1.45. The molecule has 162 valence electrons. The molecule has 0 spiro atoms. The smallest absolute Gasteiger partial charge is 0.338 e.